The van der Waals surface area contributed by atoms with Gasteiger partial charge in [-0.15, -0.1) is 0 Å². The lowest BCUT2D eigenvalue weighted by atomic mass is 9.97. The Morgan fingerprint density at radius 2 is 1.74 bits per heavy atom. The fraction of sp³-hybridized carbons (Fsp3) is 0.333. The van der Waals surface area contributed by atoms with E-state index in [0.717, 1.165) is 17.7 Å². The summed E-state index contributed by atoms with van der Waals surface area (Å²) in [4.78, 5) is 24.4. The first-order chi connectivity index (χ1) is 13.0. The van der Waals surface area contributed by atoms with Gasteiger partial charge in [-0.25, -0.2) is 4.79 Å². The number of esters is 1. The first kappa shape index (κ1) is 20.3. The highest BCUT2D eigenvalue weighted by atomic mass is 16.5. The zero-order chi connectivity index (χ0) is 19.8. The van der Waals surface area contributed by atoms with Crippen LogP contribution in [-0.4, -0.2) is 32.7 Å². The van der Waals surface area contributed by atoms with E-state index in [4.69, 9.17) is 14.2 Å². The van der Waals surface area contributed by atoms with Gasteiger partial charge in [-0.2, -0.15) is 0 Å². The molecule has 0 saturated carbocycles. The van der Waals surface area contributed by atoms with E-state index in [1.54, 1.807) is 12.1 Å². The molecule has 0 unspecified atom stereocenters. The second-order valence-electron chi connectivity index (χ2n) is 6.09. The monoisotopic (exact) mass is 371 g/mol. The van der Waals surface area contributed by atoms with E-state index in [0.29, 0.717) is 17.4 Å². The van der Waals surface area contributed by atoms with Gasteiger partial charge in [0.05, 0.1) is 19.8 Å². The molecular formula is C21H25NO5. The number of amides is 1. The van der Waals surface area contributed by atoms with Crippen LogP contribution in [0, 0.1) is 0 Å². The highest BCUT2D eigenvalue weighted by molar-refractivity contribution is 5.96. The van der Waals surface area contributed by atoms with Crippen molar-refractivity contribution >= 4 is 17.6 Å². The minimum Gasteiger partial charge on any atom is -0.493 e. The number of hydrogen-bond donors (Lipinski definition) is 1. The number of anilines is 1. The van der Waals surface area contributed by atoms with Gasteiger partial charge in [-0.05, 0) is 42.2 Å². The van der Waals surface area contributed by atoms with Crippen molar-refractivity contribution in [2.45, 2.75) is 26.2 Å². The lowest BCUT2D eigenvalue weighted by Crippen LogP contribution is -2.21. The Hall–Kier alpha value is -3.02. The van der Waals surface area contributed by atoms with Crippen molar-refractivity contribution in [3.63, 3.8) is 0 Å². The van der Waals surface area contributed by atoms with Crippen LogP contribution in [0.5, 0.6) is 11.5 Å². The topological polar surface area (TPSA) is 73.9 Å². The first-order valence-corrected chi connectivity index (χ1v) is 8.78. The van der Waals surface area contributed by atoms with Crippen LogP contribution in [0.15, 0.2) is 42.5 Å². The number of rotatable bonds is 8. The van der Waals surface area contributed by atoms with Crippen molar-refractivity contribution in [2.75, 3.05) is 26.1 Å². The van der Waals surface area contributed by atoms with Gasteiger partial charge in [0.2, 0.25) is 0 Å². The van der Waals surface area contributed by atoms with Gasteiger partial charge < -0.3 is 19.5 Å². The normalized spacial score (nSPS) is 11.4. The van der Waals surface area contributed by atoms with Crippen molar-refractivity contribution in [3.05, 3.63) is 53.6 Å². The minimum absolute atomic E-state index is 0.278. The molecule has 144 valence electrons. The molecule has 0 fully saturated rings. The van der Waals surface area contributed by atoms with Gasteiger partial charge in [-0.1, -0.05) is 32.0 Å². The van der Waals surface area contributed by atoms with Crippen LogP contribution in [0.1, 0.15) is 42.1 Å². The quantitative estimate of drug-likeness (QED) is 0.710. The third-order valence-electron chi connectivity index (χ3n) is 4.33. The molecular weight excluding hydrogens is 346 g/mol. The van der Waals surface area contributed by atoms with Crippen LogP contribution in [0.2, 0.25) is 0 Å². The van der Waals surface area contributed by atoms with Crippen molar-refractivity contribution < 1.29 is 23.8 Å². The summed E-state index contributed by atoms with van der Waals surface area (Å²) in [5, 5.41) is 2.81. The summed E-state index contributed by atoms with van der Waals surface area (Å²) in [5.41, 5.74) is 2.07. The number of para-hydroxylation sites is 1. The van der Waals surface area contributed by atoms with E-state index in [9.17, 15) is 9.59 Å². The predicted molar refractivity (Wildman–Crippen MR) is 104 cm³/mol. The fourth-order valence-electron chi connectivity index (χ4n) is 2.62. The van der Waals surface area contributed by atoms with Gasteiger partial charge in [0.15, 0.2) is 18.1 Å². The Bertz CT molecular complexity index is 803. The smallest absolute Gasteiger partial charge is 0.338 e. The average Bonchev–Trinajstić information content (AvgIpc) is 2.71. The summed E-state index contributed by atoms with van der Waals surface area (Å²) in [6, 6.07) is 12.3. The van der Waals surface area contributed by atoms with Crippen molar-refractivity contribution in [1.82, 2.24) is 0 Å². The number of methoxy groups -OCH3 is 2. The molecule has 0 aromatic heterocycles. The SMILES string of the molecule is CC[C@H](C)c1ccccc1NC(=O)COC(=O)c1ccc(OC)c(OC)c1. The molecule has 0 heterocycles. The van der Waals surface area contributed by atoms with E-state index in [-0.39, 0.29) is 18.1 Å². The minimum atomic E-state index is -0.610. The summed E-state index contributed by atoms with van der Waals surface area (Å²) in [6.07, 6.45) is 0.959. The lowest BCUT2D eigenvalue weighted by molar-refractivity contribution is -0.119. The molecule has 1 N–H and O–H groups in total. The molecule has 0 saturated heterocycles. The second-order valence-corrected chi connectivity index (χ2v) is 6.09. The number of carbonyl (C=O) groups excluding carboxylic acids is 2. The van der Waals surface area contributed by atoms with Crippen molar-refractivity contribution in [1.29, 1.82) is 0 Å². The third-order valence-corrected chi connectivity index (χ3v) is 4.33. The Kier molecular flexibility index (Phi) is 7.23. The van der Waals surface area contributed by atoms with Gasteiger partial charge in [0.25, 0.3) is 5.91 Å². The van der Waals surface area contributed by atoms with E-state index < -0.39 is 5.97 Å². The van der Waals surface area contributed by atoms with Gasteiger partial charge >= 0.3 is 5.97 Å². The van der Waals surface area contributed by atoms with Gasteiger partial charge in [-0.3, -0.25) is 4.79 Å². The highest BCUT2D eigenvalue weighted by Gasteiger charge is 2.15. The molecule has 2 aromatic rings. The molecule has 2 aromatic carbocycles. The summed E-state index contributed by atoms with van der Waals surface area (Å²) in [5.74, 6) is 0.240. The zero-order valence-electron chi connectivity index (χ0n) is 16.1. The van der Waals surface area contributed by atoms with Crippen LogP contribution in [0.3, 0.4) is 0 Å². The maximum Gasteiger partial charge on any atom is 0.338 e. The van der Waals surface area contributed by atoms with Crippen LogP contribution < -0.4 is 14.8 Å². The molecule has 0 aliphatic heterocycles. The third kappa shape index (κ3) is 5.23. The molecule has 6 heteroatoms. The Morgan fingerprint density at radius 3 is 2.41 bits per heavy atom. The molecule has 27 heavy (non-hydrogen) atoms. The summed E-state index contributed by atoms with van der Waals surface area (Å²) >= 11 is 0. The Morgan fingerprint density at radius 1 is 1.04 bits per heavy atom. The number of nitrogens with one attached hydrogen (secondary N) is 1. The van der Waals surface area contributed by atoms with E-state index in [1.807, 2.05) is 24.3 Å². The fourth-order valence-corrected chi connectivity index (χ4v) is 2.62. The standard InChI is InChI=1S/C21H25NO5/c1-5-14(2)16-8-6-7-9-17(16)22-20(23)13-27-21(24)15-10-11-18(25-3)19(12-15)26-4/h6-12,14H,5,13H2,1-4H3,(H,22,23)/t14-/m0/s1. The molecule has 6 nitrogen and oxygen atoms in total. The number of carbonyl (C=O) groups is 2. The largest absolute Gasteiger partial charge is 0.493 e. The van der Waals surface area contributed by atoms with Crippen molar-refractivity contribution in [2.24, 2.45) is 0 Å². The Balaban J connectivity index is 1.99. The van der Waals surface area contributed by atoms with E-state index in [2.05, 4.69) is 19.2 Å². The maximum atomic E-state index is 12.2. The maximum absolute atomic E-state index is 12.2. The predicted octanol–water partition coefficient (Wildman–Crippen LogP) is 4.01. The summed E-state index contributed by atoms with van der Waals surface area (Å²) in [7, 11) is 2.99. The number of ether oxygens (including phenoxy) is 3. The van der Waals surface area contributed by atoms with Gasteiger partial charge in [0.1, 0.15) is 0 Å². The molecule has 0 bridgehead atoms. The average molecular weight is 371 g/mol. The molecule has 0 aliphatic rings. The number of benzene rings is 2. The molecule has 0 radical (unpaired) electrons. The second kappa shape index (κ2) is 9.62. The molecule has 0 aliphatic carbocycles. The van der Waals surface area contributed by atoms with Crippen LogP contribution in [-0.2, 0) is 9.53 Å². The molecule has 1 atom stereocenters. The lowest BCUT2D eigenvalue weighted by Gasteiger charge is -2.15. The zero-order valence-corrected chi connectivity index (χ0v) is 16.1. The van der Waals surface area contributed by atoms with Gasteiger partial charge in [0, 0.05) is 5.69 Å². The van der Waals surface area contributed by atoms with Crippen molar-refractivity contribution in [3.8, 4) is 11.5 Å². The van der Waals surface area contributed by atoms with Crippen LogP contribution >= 0.6 is 0 Å². The molecule has 1 amide bonds. The first-order valence-electron chi connectivity index (χ1n) is 8.78. The van der Waals surface area contributed by atoms with E-state index >= 15 is 0 Å². The van der Waals surface area contributed by atoms with E-state index in [1.165, 1.54) is 20.3 Å². The summed E-state index contributed by atoms with van der Waals surface area (Å²) < 4.78 is 15.4. The molecule has 0 spiro atoms. The highest BCUT2D eigenvalue weighted by Crippen LogP contribution is 2.28. The Labute approximate surface area is 159 Å². The van der Waals surface area contributed by atoms with Crippen LogP contribution in [0.4, 0.5) is 5.69 Å². The summed E-state index contributed by atoms with van der Waals surface area (Å²) in [6.45, 7) is 3.82. The number of hydrogen-bond acceptors (Lipinski definition) is 5. The van der Waals surface area contributed by atoms with Crippen LogP contribution in [0.25, 0.3) is 0 Å². The molecule has 2 rings (SSSR count).